The number of ether oxygens (including phenoxy) is 1. The second kappa shape index (κ2) is 5.09. The molecule has 0 amide bonds. The first kappa shape index (κ1) is 12.4. The summed E-state index contributed by atoms with van der Waals surface area (Å²) in [6.45, 7) is 7.09. The van der Waals surface area contributed by atoms with Gasteiger partial charge in [0.1, 0.15) is 5.75 Å². The molecular weight excluding hydrogens is 210 g/mol. The second-order valence-electron chi connectivity index (χ2n) is 5.34. The number of rotatable bonds is 5. The molecule has 1 aliphatic carbocycles. The largest absolute Gasteiger partial charge is 0.493 e. The Kier molecular flexibility index (Phi) is 3.72. The predicted octanol–water partition coefficient (Wildman–Crippen LogP) is 3.12. The summed E-state index contributed by atoms with van der Waals surface area (Å²) in [7, 11) is 0. The molecule has 2 N–H and O–H groups in total. The SMILES string of the molecule is Cc1cc(C)c(OCCC(N)C2CC2)cc1C. The van der Waals surface area contributed by atoms with Crippen LogP contribution in [0.25, 0.3) is 0 Å². The molecule has 0 aliphatic heterocycles. The monoisotopic (exact) mass is 233 g/mol. The molecule has 1 atom stereocenters. The maximum absolute atomic E-state index is 6.06. The third kappa shape index (κ3) is 3.22. The zero-order valence-corrected chi connectivity index (χ0v) is 11.1. The van der Waals surface area contributed by atoms with Crippen LogP contribution in [0.1, 0.15) is 36.0 Å². The Morgan fingerprint density at radius 3 is 2.47 bits per heavy atom. The van der Waals surface area contributed by atoms with E-state index in [1.165, 1.54) is 29.5 Å². The average Bonchev–Trinajstić information content (AvgIpc) is 3.09. The molecule has 1 unspecified atom stereocenters. The van der Waals surface area contributed by atoms with Gasteiger partial charge in [0, 0.05) is 6.04 Å². The standard InChI is InChI=1S/C15H23NO/c1-10-8-12(3)15(9-11(10)2)17-7-6-14(16)13-4-5-13/h8-9,13-14H,4-7,16H2,1-3H3. The van der Waals surface area contributed by atoms with Crippen LogP contribution in [0.2, 0.25) is 0 Å². The molecular formula is C15H23NO. The van der Waals surface area contributed by atoms with Crippen LogP contribution in [-0.4, -0.2) is 12.6 Å². The summed E-state index contributed by atoms with van der Waals surface area (Å²) in [5.41, 5.74) is 9.88. The lowest BCUT2D eigenvalue weighted by molar-refractivity contribution is 0.289. The predicted molar refractivity (Wildman–Crippen MR) is 71.5 cm³/mol. The van der Waals surface area contributed by atoms with E-state index in [4.69, 9.17) is 10.5 Å². The lowest BCUT2D eigenvalue weighted by atomic mass is 10.1. The Bertz CT molecular complexity index is 396. The van der Waals surface area contributed by atoms with Crippen molar-refractivity contribution in [3.05, 3.63) is 28.8 Å². The van der Waals surface area contributed by atoms with Crippen molar-refractivity contribution in [2.45, 2.75) is 46.1 Å². The first-order valence-corrected chi connectivity index (χ1v) is 6.54. The second-order valence-corrected chi connectivity index (χ2v) is 5.34. The summed E-state index contributed by atoms with van der Waals surface area (Å²) in [6.07, 6.45) is 3.59. The summed E-state index contributed by atoms with van der Waals surface area (Å²) in [5, 5.41) is 0. The van der Waals surface area contributed by atoms with Gasteiger partial charge in [-0.3, -0.25) is 0 Å². The fraction of sp³-hybridized carbons (Fsp3) is 0.600. The number of aryl methyl sites for hydroxylation is 3. The lowest BCUT2D eigenvalue weighted by Crippen LogP contribution is -2.24. The summed E-state index contributed by atoms with van der Waals surface area (Å²) in [5.74, 6) is 1.77. The third-order valence-electron chi connectivity index (χ3n) is 3.73. The third-order valence-corrected chi connectivity index (χ3v) is 3.73. The van der Waals surface area contributed by atoms with E-state index in [9.17, 15) is 0 Å². The van der Waals surface area contributed by atoms with E-state index in [1.54, 1.807) is 0 Å². The number of nitrogens with two attached hydrogens (primary N) is 1. The first-order valence-electron chi connectivity index (χ1n) is 6.54. The fourth-order valence-electron chi connectivity index (χ4n) is 2.15. The van der Waals surface area contributed by atoms with E-state index in [-0.39, 0.29) is 0 Å². The van der Waals surface area contributed by atoms with Crippen molar-refractivity contribution in [1.82, 2.24) is 0 Å². The van der Waals surface area contributed by atoms with Gasteiger partial charge in [0.05, 0.1) is 6.61 Å². The van der Waals surface area contributed by atoms with Gasteiger partial charge in [-0.2, -0.15) is 0 Å². The van der Waals surface area contributed by atoms with Crippen LogP contribution >= 0.6 is 0 Å². The maximum atomic E-state index is 6.06. The summed E-state index contributed by atoms with van der Waals surface area (Å²) in [6, 6.07) is 4.65. The van der Waals surface area contributed by atoms with E-state index in [0.29, 0.717) is 6.04 Å². The highest BCUT2D eigenvalue weighted by Gasteiger charge is 2.28. The Labute approximate surface area is 104 Å². The minimum Gasteiger partial charge on any atom is -0.493 e. The van der Waals surface area contributed by atoms with Gasteiger partial charge in [-0.15, -0.1) is 0 Å². The summed E-state index contributed by atoms with van der Waals surface area (Å²) < 4.78 is 5.84. The molecule has 0 saturated heterocycles. The number of hydrogen-bond acceptors (Lipinski definition) is 2. The zero-order valence-electron chi connectivity index (χ0n) is 11.1. The van der Waals surface area contributed by atoms with Gasteiger partial charge in [0.25, 0.3) is 0 Å². The van der Waals surface area contributed by atoms with Crippen molar-refractivity contribution in [3.63, 3.8) is 0 Å². The van der Waals surface area contributed by atoms with Gasteiger partial charge >= 0.3 is 0 Å². The van der Waals surface area contributed by atoms with Crippen molar-refractivity contribution in [2.75, 3.05) is 6.61 Å². The molecule has 0 radical (unpaired) electrons. The van der Waals surface area contributed by atoms with Gasteiger partial charge < -0.3 is 10.5 Å². The van der Waals surface area contributed by atoms with Crippen molar-refractivity contribution in [3.8, 4) is 5.75 Å². The topological polar surface area (TPSA) is 35.2 Å². The van der Waals surface area contributed by atoms with Gasteiger partial charge in [-0.1, -0.05) is 6.07 Å². The van der Waals surface area contributed by atoms with Gasteiger partial charge in [-0.05, 0) is 68.7 Å². The van der Waals surface area contributed by atoms with Crippen molar-refractivity contribution < 1.29 is 4.74 Å². The fourth-order valence-corrected chi connectivity index (χ4v) is 2.15. The molecule has 1 saturated carbocycles. The average molecular weight is 233 g/mol. The highest BCUT2D eigenvalue weighted by Crippen LogP contribution is 2.33. The smallest absolute Gasteiger partial charge is 0.122 e. The summed E-state index contributed by atoms with van der Waals surface area (Å²) in [4.78, 5) is 0. The molecule has 1 fully saturated rings. The lowest BCUT2D eigenvalue weighted by Gasteiger charge is -2.14. The van der Waals surface area contributed by atoms with E-state index in [2.05, 4.69) is 32.9 Å². The molecule has 1 aliphatic rings. The Morgan fingerprint density at radius 1 is 1.18 bits per heavy atom. The molecule has 2 rings (SSSR count). The molecule has 94 valence electrons. The Hall–Kier alpha value is -1.02. The molecule has 0 bridgehead atoms. The highest BCUT2D eigenvalue weighted by molar-refractivity contribution is 5.40. The molecule has 0 aromatic heterocycles. The van der Waals surface area contributed by atoms with E-state index in [1.807, 2.05) is 0 Å². The number of hydrogen-bond donors (Lipinski definition) is 1. The molecule has 2 nitrogen and oxygen atoms in total. The molecule has 2 heteroatoms. The van der Waals surface area contributed by atoms with E-state index >= 15 is 0 Å². The Morgan fingerprint density at radius 2 is 1.82 bits per heavy atom. The molecule has 1 aromatic rings. The normalized spacial score (nSPS) is 16.9. The Balaban J connectivity index is 1.87. The molecule has 0 heterocycles. The molecule has 1 aromatic carbocycles. The van der Waals surface area contributed by atoms with Crippen molar-refractivity contribution in [2.24, 2.45) is 11.7 Å². The summed E-state index contributed by atoms with van der Waals surface area (Å²) >= 11 is 0. The van der Waals surface area contributed by atoms with Crippen LogP contribution in [0.4, 0.5) is 0 Å². The van der Waals surface area contributed by atoms with Crippen LogP contribution in [0.3, 0.4) is 0 Å². The van der Waals surface area contributed by atoms with Crippen LogP contribution in [0, 0.1) is 26.7 Å². The van der Waals surface area contributed by atoms with Crippen LogP contribution in [0.5, 0.6) is 5.75 Å². The quantitative estimate of drug-likeness (QED) is 0.848. The highest BCUT2D eigenvalue weighted by atomic mass is 16.5. The molecule has 0 spiro atoms. The number of benzene rings is 1. The van der Waals surface area contributed by atoms with Crippen LogP contribution < -0.4 is 10.5 Å². The van der Waals surface area contributed by atoms with Crippen LogP contribution in [-0.2, 0) is 0 Å². The van der Waals surface area contributed by atoms with Gasteiger partial charge in [0.15, 0.2) is 0 Å². The van der Waals surface area contributed by atoms with Crippen LogP contribution in [0.15, 0.2) is 12.1 Å². The van der Waals surface area contributed by atoms with Gasteiger partial charge in [0.2, 0.25) is 0 Å². The zero-order chi connectivity index (χ0) is 12.4. The van der Waals surface area contributed by atoms with Crippen molar-refractivity contribution in [1.29, 1.82) is 0 Å². The molecule has 17 heavy (non-hydrogen) atoms. The van der Waals surface area contributed by atoms with E-state index in [0.717, 1.165) is 24.7 Å². The van der Waals surface area contributed by atoms with Crippen molar-refractivity contribution >= 4 is 0 Å². The minimum absolute atomic E-state index is 0.335. The van der Waals surface area contributed by atoms with Gasteiger partial charge in [-0.25, -0.2) is 0 Å². The van der Waals surface area contributed by atoms with E-state index < -0.39 is 0 Å². The first-order chi connectivity index (χ1) is 8.08. The minimum atomic E-state index is 0.335. The maximum Gasteiger partial charge on any atom is 0.122 e.